The molecule has 1 saturated heterocycles. The van der Waals surface area contributed by atoms with Gasteiger partial charge >= 0.3 is 6.09 Å². The third-order valence-electron chi connectivity index (χ3n) is 5.22. The molecular formula is C23H25ClN4O5S2. The number of likely N-dealkylation sites (tertiary alicyclic amines) is 1. The van der Waals surface area contributed by atoms with Crippen molar-refractivity contribution in [1.82, 2.24) is 19.2 Å². The Balaban J connectivity index is 1.50. The minimum Gasteiger partial charge on any atom is -0.443 e. The van der Waals surface area contributed by atoms with Crippen molar-refractivity contribution in [1.29, 1.82) is 0 Å². The molecule has 3 aromatic heterocycles. The van der Waals surface area contributed by atoms with Gasteiger partial charge < -0.3 is 9.64 Å². The van der Waals surface area contributed by atoms with E-state index < -0.39 is 27.8 Å². The van der Waals surface area contributed by atoms with E-state index in [9.17, 15) is 18.0 Å². The van der Waals surface area contributed by atoms with E-state index in [2.05, 4.69) is 9.71 Å². The zero-order chi connectivity index (χ0) is 25.4. The number of pyridine rings is 1. The van der Waals surface area contributed by atoms with Crippen LogP contribution >= 0.6 is 22.9 Å². The second-order valence-corrected chi connectivity index (χ2v) is 12.4. The van der Waals surface area contributed by atoms with Gasteiger partial charge in [-0.3, -0.25) is 9.78 Å². The maximum atomic E-state index is 13.0. The molecule has 0 aromatic carbocycles. The number of thiophene rings is 1. The highest BCUT2D eigenvalue weighted by molar-refractivity contribution is 7.92. The van der Waals surface area contributed by atoms with Crippen LogP contribution in [-0.4, -0.2) is 53.1 Å². The molecule has 1 N–H and O–H groups in total. The van der Waals surface area contributed by atoms with Crippen LogP contribution in [0.2, 0.25) is 4.34 Å². The molecule has 4 heterocycles. The van der Waals surface area contributed by atoms with Gasteiger partial charge in [-0.2, -0.15) is 4.72 Å². The number of fused-ring (bicyclic) bond motifs is 1. The Kier molecular flexibility index (Phi) is 7.05. The van der Waals surface area contributed by atoms with Crippen molar-refractivity contribution in [2.45, 2.75) is 45.4 Å². The molecule has 1 fully saturated rings. The number of aromatic nitrogens is 2. The van der Waals surface area contributed by atoms with E-state index in [1.54, 1.807) is 57.4 Å². The Bertz CT molecular complexity index is 1400. The zero-order valence-electron chi connectivity index (χ0n) is 19.4. The number of sulfonamides is 1. The molecule has 0 saturated carbocycles. The Labute approximate surface area is 212 Å². The number of nitrogens with zero attached hydrogens (tertiary/aromatic N) is 3. The number of rotatable bonds is 6. The van der Waals surface area contributed by atoms with Crippen LogP contribution in [0.4, 0.5) is 4.79 Å². The van der Waals surface area contributed by atoms with Crippen LogP contribution in [-0.2, 0) is 26.1 Å². The number of carbonyl (C=O) groups excluding carboxylic acids is 2. The SMILES string of the molecule is CC(C)(C)OC(=O)n1c(CN2CC[C@H](NS(=O)(=O)C=Cc3ccc(Cl)s3)C2=O)cc2cnccc21. The van der Waals surface area contributed by atoms with E-state index in [1.165, 1.54) is 26.9 Å². The Hall–Kier alpha value is -2.73. The molecule has 186 valence electrons. The second kappa shape index (κ2) is 9.73. The van der Waals surface area contributed by atoms with Gasteiger partial charge in [0.1, 0.15) is 11.6 Å². The van der Waals surface area contributed by atoms with Crippen molar-refractivity contribution >= 4 is 61.9 Å². The quantitative estimate of drug-likeness (QED) is 0.505. The molecule has 9 nitrogen and oxygen atoms in total. The summed E-state index contributed by atoms with van der Waals surface area (Å²) in [4.78, 5) is 32.3. The maximum absolute atomic E-state index is 13.0. The lowest BCUT2D eigenvalue weighted by molar-refractivity contribution is -0.129. The molecule has 1 aliphatic heterocycles. The molecule has 0 unspecified atom stereocenters. The van der Waals surface area contributed by atoms with Crippen LogP contribution in [0.25, 0.3) is 17.0 Å². The molecule has 1 atom stereocenters. The lowest BCUT2D eigenvalue weighted by Crippen LogP contribution is -2.40. The average Bonchev–Trinajstić information content (AvgIpc) is 3.44. The highest BCUT2D eigenvalue weighted by Crippen LogP contribution is 2.25. The van der Waals surface area contributed by atoms with Crippen molar-refractivity contribution in [2.24, 2.45) is 0 Å². The molecule has 0 aliphatic carbocycles. The van der Waals surface area contributed by atoms with E-state index in [0.717, 1.165) is 10.8 Å². The normalized spacial score (nSPS) is 17.1. The average molecular weight is 537 g/mol. The van der Waals surface area contributed by atoms with E-state index in [-0.39, 0.29) is 12.5 Å². The standard InChI is InChI=1S/C23H25ClN4O5S2/c1-23(2,3)33-22(30)28-16(12-15-13-25-9-6-19(15)28)14-27-10-7-18(21(27)29)26-35(31,32)11-8-17-4-5-20(24)34-17/h4-6,8-9,11-13,18,26H,7,10,14H2,1-3H3/t18-/m0/s1. The van der Waals surface area contributed by atoms with Gasteiger partial charge in [0.05, 0.1) is 16.4 Å². The first-order valence-corrected chi connectivity index (χ1v) is 13.6. The minimum atomic E-state index is -3.85. The molecule has 12 heteroatoms. The summed E-state index contributed by atoms with van der Waals surface area (Å²) < 4.78 is 35.0. The van der Waals surface area contributed by atoms with E-state index in [4.69, 9.17) is 16.3 Å². The fourth-order valence-electron chi connectivity index (χ4n) is 3.77. The van der Waals surface area contributed by atoms with Crippen LogP contribution in [0.5, 0.6) is 0 Å². The van der Waals surface area contributed by atoms with Crippen molar-refractivity contribution in [3.63, 3.8) is 0 Å². The van der Waals surface area contributed by atoms with Gasteiger partial charge in [0.2, 0.25) is 15.9 Å². The number of halogens is 1. The van der Waals surface area contributed by atoms with Crippen molar-refractivity contribution in [3.05, 3.63) is 57.0 Å². The van der Waals surface area contributed by atoms with Gasteiger partial charge in [0.15, 0.2) is 0 Å². The highest BCUT2D eigenvalue weighted by Gasteiger charge is 2.35. The van der Waals surface area contributed by atoms with Gasteiger partial charge in [-0.05, 0) is 57.5 Å². The number of amides is 1. The number of hydrogen-bond acceptors (Lipinski definition) is 7. The molecule has 3 aromatic rings. The maximum Gasteiger partial charge on any atom is 0.419 e. The third kappa shape index (κ3) is 6.10. The van der Waals surface area contributed by atoms with E-state index in [1.807, 2.05) is 0 Å². The lowest BCUT2D eigenvalue weighted by atomic mass is 10.2. The second-order valence-electron chi connectivity index (χ2n) is 9.09. The van der Waals surface area contributed by atoms with Crippen LogP contribution in [0, 0.1) is 0 Å². The van der Waals surface area contributed by atoms with Crippen molar-refractivity contribution < 1.29 is 22.7 Å². The first-order valence-electron chi connectivity index (χ1n) is 10.8. The summed E-state index contributed by atoms with van der Waals surface area (Å²) in [6, 6.07) is 5.99. The molecular weight excluding hydrogens is 512 g/mol. The number of carbonyl (C=O) groups is 2. The van der Waals surface area contributed by atoms with Gasteiger partial charge in [-0.25, -0.2) is 17.8 Å². The fraction of sp³-hybridized carbons (Fsp3) is 0.348. The predicted octanol–water partition coefficient (Wildman–Crippen LogP) is 4.23. The molecule has 4 rings (SSSR count). The van der Waals surface area contributed by atoms with Gasteiger partial charge in [-0.15, -0.1) is 11.3 Å². The van der Waals surface area contributed by atoms with Crippen LogP contribution in [0.15, 0.2) is 42.1 Å². The Morgan fingerprint density at radius 1 is 1.34 bits per heavy atom. The van der Waals surface area contributed by atoms with E-state index in [0.29, 0.717) is 33.4 Å². The fourth-order valence-corrected chi connectivity index (χ4v) is 5.83. The molecule has 0 spiro atoms. The summed E-state index contributed by atoms with van der Waals surface area (Å²) in [6.45, 7) is 5.79. The van der Waals surface area contributed by atoms with Crippen molar-refractivity contribution in [3.8, 4) is 0 Å². The van der Waals surface area contributed by atoms with Gasteiger partial charge in [0, 0.05) is 40.3 Å². The molecule has 1 aliphatic rings. The summed E-state index contributed by atoms with van der Waals surface area (Å²) in [5.74, 6) is -0.361. The summed E-state index contributed by atoms with van der Waals surface area (Å²) in [6.07, 6.45) is 4.40. The first-order chi connectivity index (χ1) is 16.4. The lowest BCUT2D eigenvalue weighted by Gasteiger charge is -2.22. The van der Waals surface area contributed by atoms with E-state index >= 15 is 0 Å². The molecule has 35 heavy (non-hydrogen) atoms. The zero-order valence-corrected chi connectivity index (χ0v) is 21.8. The number of hydrogen-bond donors (Lipinski definition) is 1. The number of nitrogens with one attached hydrogen (secondary N) is 1. The molecule has 0 bridgehead atoms. The summed E-state index contributed by atoms with van der Waals surface area (Å²) in [7, 11) is -3.85. The molecule has 0 radical (unpaired) electrons. The van der Waals surface area contributed by atoms with Crippen LogP contribution in [0.3, 0.4) is 0 Å². The summed E-state index contributed by atoms with van der Waals surface area (Å²) in [5, 5.41) is 1.76. The smallest absolute Gasteiger partial charge is 0.419 e. The Morgan fingerprint density at radius 3 is 2.80 bits per heavy atom. The van der Waals surface area contributed by atoms with Gasteiger partial charge in [0.25, 0.3) is 0 Å². The summed E-state index contributed by atoms with van der Waals surface area (Å²) in [5.41, 5.74) is 0.466. The third-order valence-corrected chi connectivity index (χ3v) is 7.52. The largest absolute Gasteiger partial charge is 0.443 e. The monoisotopic (exact) mass is 536 g/mol. The van der Waals surface area contributed by atoms with Crippen LogP contribution < -0.4 is 4.72 Å². The minimum absolute atomic E-state index is 0.120. The summed E-state index contributed by atoms with van der Waals surface area (Å²) >= 11 is 7.12. The van der Waals surface area contributed by atoms with Crippen LogP contribution in [0.1, 0.15) is 37.8 Å². The van der Waals surface area contributed by atoms with Crippen molar-refractivity contribution in [2.75, 3.05) is 6.54 Å². The topological polar surface area (TPSA) is 111 Å². The predicted molar refractivity (Wildman–Crippen MR) is 136 cm³/mol. The first kappa shape index (κ1) is 25.4. The van der Waals surface area contributed by atoms with Gasteiger partial charge in [-0.1, -0.05) is 11.6 Å². The number of ether oxygens (including phenoxy) is 1. The molecule has 1 amide bonds. The Morgan fingerprint density at radius 2 is 2.11 bits per heavy atom. The highest BCUT2D eigenvalue weighted by atomic mass is 35.5.